The first-order valence-corrected chi connectivity index (χ1v) is 5.99. The number of carbonyl (C=O) groups is 2. The predicted molar refractivity (Wildman–Crippen MR) is 69.6 cm³/mol. The van der Waals surface area contributed by atoms with Crippen LogP contribution in [-0.2, 0) is 14.3 Å². The minimum absolute atomic E-state index is 0.00667. The van der Waals surface area contributed by atoms with Crippen LogP contribution in [0.25, 0.3) is 0 Å². The van der Waals surface area contributed by atoms with Crippen LogP contribution in [0.15, 0.2) is 18.2 Å². The van der Waals surface area contributed by atoms with E-state index in [0.29, 0.717) is 5.56 Å². The van der Waals surface area contributed by atoms with Crippen molar-refractivity contribution in [2.45, 2.75) is 20.3 Å². The number of para-hydroxylation sites is 1. The summed E-state index contributed by atoms with van der Waals surface area (Å²) in [6, 6.07) is 4.57. The number of nitro benzene ring substituents is 1. The van der Waals surface area contributed by atoms with Crippen LogP contribution in [0.4, 0.5) is 5.69 Å². The van der Waals surface area contributed by atoms with Crippen molar-refractivity contribution in [3.05, 3.63) is 33.9 Å². The highest BCUT2D eigenvalue weighted by Gasteiger charge is 2.19. The molecule has 0 saturated carbocycles. The molecule has 0 aliphatic carbocycles. The average molecular weight is 281 g/mol. The molecule has 0 amide bonds. The summed E-state index contributed by atoms with van der Waals surface area (Å²) in [6.45, 7) is 2.99. The quantitative estimate of drug-likeness (QED) is 0.327. The van der Waals surface area contributed by atoms with Crippen LogP contribution >= 0.6 is 0 Å². The van der Waals surface area contributed by atoms with Gasteiger partial charge in [-0.2, -0.15) is 0 Å². The van der Waals surface area contributed by atoms with Crippen LogP contribution in [0, 0.1) is 17.0 Å². The minimum atomic E-state index is -0.639. The first-order chi connectivity index (χ1) is 9.45. The van der Waals surface area contributed by atoms with Gasteiger partial charge in [-0.3, -0.25) is 19.7 Å². The smallest absolute Gasteiger partial charge is 0.313 e. The van der Waals surface area contributed by atoms with Gasteiger partial charge in [-0.1, -0.05) is 12.1 Å². The van der Waals surface area contributed by atoms with Crippen molar-refractivity contribution in [2.24, 2.45) is 0 Å². The summed E-state index contributed by atoms with van der Waals surface area (Å²) in [5.74, 6) is -1.13. The maximum atomic E-state index is 11.5. The molecule has 0 saturated heterocycles. The summed E-state index contributed by atoms with van der Waals surface area (Å²) in [7, 11) is 0. The van der Waals surface area contributed by atoms with E-state index < -0.39 is 29.7 Å². The zero-order valence-corrected chi connectivity index (χ0v) is 11.3. The highest BCUT2D eigenvalue weighted by molar-refractivity contribution is 5.96. The second-order valence-corrected chi connectivity index (χ2v) is 3.99. The van der Waals surface area contributed by atoms with Crippen molar-refractivity contribution in [3.63, 3.8) is 0 Å². The van der Waals surface area contributed by atoms with Crippen molar-refractivity contribution in [2.75, 3.05) is 13.2 Å². The standard InChI is InChI=1S/C13H15NO6/c1-3-19-12(16)7-10(15)8-20-11-6-4-5-9(2)13(11)14(17)18/h4-6H,3,7-8H2,1-2H3. The lowest BCUT2D eigenvalue weighted by Crippen LogP contribution is -2.17. The van der Waals surface area contributed by atoms with E-state index in [0.717, 1.165) is 0 Å². The molecular weight excluding hydrogens is 266 g/mol. The molecule has 0 fully saturated rings. The van der Waals surface area contributed by atoms with E-state index in [-0.39, 0.29) is 18.0 Å². The summed E-state index contributed by atoms with van der Waals surface area (Å²) in [5.41, 5.74) is 0.252. The van der Waals surface area contributed by atoms with Crippen molar-refractivity contribution in [3.8, 4) is 5.75 Å². The Morgan fingerprint density at radius 3 is 2.65 bits per heavy atom. The maximum absolute atomic E-state index is 11.5. The molecule has 0 N–H and O–H groups in total. The number of Topliss-reactive ketones (excluding diaryl/α,β-unsaturated/α-hetero) is 1. The van der Waals surface area contributed by atoms with Crippen LogP contribution in [0.3, 0.4) is 0 Å². The minimum Gasteiger partial charge on any atom is -0.479 e. The molecule has 0 radical (unpaired) electrons. The Hall–Kier alpha value is -2.44. The molecular formula is C13H15NO6. The van der Waals surface area contributed by atoms with E-state index in [1.54, 1.807) is 26.0 Å². The number of nitrogens with zero attached hydrogens (tertiary/aromatic N) is 1. The van der Waals surface area contributed by atoms with Gasteiger partial charge in [-0.25, -0.2) is 0 Å². The molecule has 108 valence electrons. The zero-order valence-electron chi connectivity index (χ0n) is 11.3. The van der Waals surface area contributed by atoms with E-state index in [9.17, 15) is 19.7 Å². The molecule has 0 spiro atoms. The highest BCUT2D eigenvalue weighted by Crippen LogP contribution is 2.29. The number of aryl methyl sites for hydroxylation is 1. The number of rotatable bonds is 7. The molecule has 20 heavy (non-hydrogen) atoms. The highest BCUT2D eigenvalue weighted by atomic mass is 16.6. The van der Waals surface area contributed by atoms with Gasteiger partial charge in [0.25, 0.3) is 0 Å². The van der Waals surface area contributed by atoms with Gasteiger partial charge in [-0.05, 0) is 19.9 Å². The molecule has 0 aliphatic heterocycles. The lowest BCUT2D eigenvalue weighted by Gasteiger charge is -2.07. The Morgan fingerprint density at radius 2 is 2.05 bits per heavy atom. The van der Waals surface area contributed by atoms with Crippen LogP contribution < -0.4 is 4.74 Å². The Kier molecular flexibility index (Phi) is 5.64. The van der Waals surface area contributed by atoms with Crippen LogP contribution in [0.2, 0.25) is 0 Å². The Labute approximate surface area is 115 Å². The van der Waals surface area contributed by atoms with E-state index in [1.165, 1.54) is 6.07 Å². The third kappa shape index (κ3) is 4.34. The summed E-state index contributed by atoms with van der Waals surface area (Å²) in [5, 5.41) is 10.9. The molecule has 0 unspecified atom stereocenters. The third-order valence-corrected chi connectivity index (χ3v) is 2.42. The summed E-state index contributed by atoms with van der Waals surface area (Å²) in [4.78, 5) is 32.9. The van der Waals surface area contributed by atoms with Crippen LogP contribution in [-0.4, -0.2) is 29.9 Å². The molecule has 0 bridgehead atoms. The lowest BCUT2D eigenvalue weighted by molar-refractivity contribution is -0.386. The summed E-state index contributed by atoms with van der Waals surface area (Å²) in [6.07, 6.45) is -0.409. The van der Waals surface area contributed by atoms with Crippen LogP contribution in [0.1, 0.15) is 18.9 Å². The number of ether oxygens (including phenoxy) is 2. The SMILES string of the molecule is CCOC(=O)CC(=O)COc1cccc(C)c1[N+](=O)[O-]. The first kappa shape index (κ1) is 15.6. The number of carbonyl (C=O) groups excluding carboxylic acids is 2. The van der Waals surface area contributed by atoms with E-state index in [2.05, 4.69) is 4.74 Å². The van der Waals surface area contributed by atoms with Gasteiger partial charge < -0.3 is 9.47 Å². The second-order valence-electron chi connectivity index (χ2n) is 3.99. The summed E-state index contributed by atoms with van der Waals surface area (Å²) < 4.78 is 9.74. The molecule has 0 aromatic heterocycles. The van der Waals surface area contributed by atoms with Gasteiger partial charge in [0.15, 0.2) is 11.5 Å². The summed E-state index contributed by atoms with van der Waals surface area (Å²) >= 11 is 0. The normalized spacial score (nSPS) is 9.90. The van der Waals surface area contributed by atoms with Gasteiger partial charge in [0.05, 0.1) is 11.5 Å². The topological polar surface area (TPSA) is 95.7 Å². The molecule has 1 rings (SSSR count). The number of hydrogen-bond donors (Lipinski definition) is 0. The average Bonchev–Trinajstić information content (AvgIpc) is 2.36. The molecule has 0 heterocycles. The Balaban J connectivity index is 2.66. The molecule has 0 atom stereocenters. The zero-order chi connectivity index (χ0) is 15.1. The van der Waals surface area contributed by atoms with E-state index in [4.69, 9.17) is 4.74 Å². The first-order valence-electron chi connectivity index (χ1n) is 5.99. The fourth-order valence-corrected chi connectivity index (χ4v) is 1.56. The molecule has 1 aromatic rings. The lowest BCUT2D eigenvalue weighted by atomic mass is 10.2. The largest absolute Gasteiger partial charge is 0.479 e. The number of benzene rings is 1. The Bertz CT molecular complexity index is 526. The van der Waals surface area contributed by atoms with Gasteiger partial charge in [0.1, 0.15) is 13.0 Å². The Morgan fingerprint density at radius 1 is 1.35 bits per heavy atom. The number of ketones is 1. The molecule has 7 nitrogen and oxygen atoms in total. The number of nitro groups is 1. The number of hydrogen-bond acceptors (Lipinski definition) is 6. The number of esters is 1. The van der Waals surface area contributed by atoms with Crippen molar-refractivity contribution < 1.29 is 24.0 Å². The monoisotopic (exact) mass is 281 g/mol. The van der Waals surface area contributed by atoms with Gasteiger partial charge in [-0.15, -0.1) is 0 Å². The molecule has 1 aromatic carbocycles. The predicted octanol–water partition coefficient (Wildman–Crippen LogP) is 1.80. The maximum Gasteiger partial charge on any atom is 0.313 e. The third-order valence-electron chi connectivity index (χ3n) is 2.42. The van der Waals surface area contributed by atoms with Gasteiger partial charge in [0.2, 0.25) is 0 Å². The van der Waals surface area contributed by atoms with Gasteiger partial charge >= 0.3 is 11.7 Å². The molecule has 0 aliphatic rings. The fraction of sp³-hybridized carbons (Fsp3) is 0.385. The van der Waals surface area contributed by atoms with Crippen molar-refractivity contribution >= 4 is 17.4 Å². The molecule has 7 heteroatoms. The van der Waals surface area contributed by atoms with E-state index in [1.807, 2.05) is 0 Å². The van der Waals surface area contributed by atoms with Crippen LogP contribution in [0.5, 0.6) is 5.75 Å². The van der Waals surface area contributed by atoms with E-state index >= 15 is 0 Å². The second kappa shape index (κ2) is 7.22. The van der Waals surface area contributed by atoms with Crippen molar-refractivity contribution in [1.29, 1.82) is 0 Å². The van der Waals surface area contributed by atoms with Crippen molar-refractivity contribution in [1.82, 2.24) is 0 Å². The van der Waals surface area contributed by atoms with Gasteiger partial charge in [0, 0.05) is 5.56 Å². The fourth-order valence-electron chi connectivity index (χ4n) is 1.56.